The smallest absolute Gasteiger partial charge is 0.251 e. The Bertz CT molecular complexity index is 1080. The number of nitrogens with zero attached hydrogens (tertiary/aromatic N) is 5. The van der Waals surface area contributed by atoms with Gasteiger partial charge in [0.2, 0.25) is 5.82 Å². The number of rotatable bonds is 5. The molecule has 2 heterocycles. The fraction of sp³-hybridized carbons (Fsp3) is 0.250. The number of aromatic amines is 1. The van der Waals surface area contributed by atoms with Crippen LogP contribution in [-0.4, -0.2) is 36.1 Å². The van der Waals surface area contributed by atoms with Crippen molar-refractivity contribution < 1.29 is 4.79 Å². The van der Waals surface area contributed by atoms with Gasteiger partial charge in [0.1, 0.15) is 5.82 Å². The molecule has 0 aliphatic carbocycles. The molecule has 4 aromatic rings. The van der Waals surface area contributed by atoms with Crippen LogP contribution in [0.25, 0.3) is 22.4 Å². The third-order valence-electron chi connectivity index (χ3n) is 4.46. The zero-order valence-electron chi connectivity index (χ0n) is 15.9. The topological polar surface area (TPSA) is 101 Å². The number of nitrogens with one attached hydrogen (secondary N) is 2. The summed E-state index contributed by atoms with van der Waals surface area (Å²) in [5.41, 5.74) is 3.20. The summed E-state index contributed by atoms with van der Waals surface area (Å²) in [6, 6.07) is 14.8. The molecule has 0 aliphatic rings. The van der Waals surface area contributed by atoms with Gasteiger partial charge in [0, 0.05) is 11.1 Å². The van der Waals surface area contributed by atoms with E-state index < -0.39 is 0 Å². The first-order valence-electron chi connectivity index (χ1n) is 9.16. The molecule has 0 aliphatic heterocycles. The van der Waals surface area contributed by atoms with Gasteiger partial charge in [0.05, 0.1) is 23.1 Å². The second-order valence-corrected chi connectivity index (χ2v) is 6.94. The van der Waals surface area contributed by atoms with Gasteiger partial charge in [0.15, 0.2) is 0 Å². The maximum atomic E-state index is 12.6. The monoisotopic (exact) mass is 375 g/mol. The van der Waals surface area contributed by atoms with Gasteiger partial charge < -0.3 is 10.3 Å². The molecule has 0 saturated carbocycles. The van der Waals surface area contributed by atoms with Crippen molar-refractivity contribution in [1.29, 1.82) is 0 Å². The lowest BCUT2D eigenvalue weighted by Crippen LogP contribution is -2.27. The van der Waals surface area contributed by atoms with Crippen molar-refractivity contribution in [2.45, 2.75) is 32.9 Å². The van der Waals surface area contributed by atoms with E-state index in [1.165, 1.54) is 0 Å². The number of benzene rings is 2. The summed E-state index contributed by atoms with van der Waals surface area (Å²) < 4.78 is 0. The first-order chi connectivity index (χ1) is 13.5. The molecule has 142 valence electrons. The Hall–Kier alpha value is -3.55. The fourth-order valence-electron chi connectivity index (χ4n) is 2.86. The molecule has 0 fully saturated rings. The molecule has 2 aromatic carbocycles. The Morgan fingerprint density at radius 2 is 1.82 bits per heavy atom. The highest BCUT2D eigenvalue weighted by Crippen LogP contribution is 2.18. The predicted octanol–water partition coefficient (Wildman–Crippen LogP) is 3.29. The Morgan fingerprint density at radius 1 is 1.07 bits per heavy atom. The van der Waals surface area contributed by atoms with E-state index in [0.29, 0.717) is 11.4 Å². The number of amides is 1. The number of imidazole rings is 1. The number of carbonyl (C=O) groups excluding carboxylic acids is 1. The van der Waals surface area contributed by atoms with Crippen LogP contribution in [0.1, 0.15) is 49.0 Å². The second-order valence-electron chi connectivity index (χ2n) is 6.94. The number of hydrogen-bond acceptors (Lipinski definition) is 5. The molecule has 2 aromatic heterocycles. The minimum atomic E-state index is -0.243. The number of tetrazole rings is 1. The Kier molecular flexibility index (Phi) is 4.60. The van der Waals surface area contributed by atoms with Crippen molar-refractivity contribution in [3.8, 4) is 11.4 Å². The van der Waals surface area contributed by atoms with Crippen molar-refractivity contribution in [1.82, 2.24) is 35.5 Å². The highest BCUT2D eigenvalue weighted by atomic mass is 16.1. The van der Waals surface area contributed by atoms with Crippen molar-refractivity contribution in [3.63, 3.8) is 0 Å². The molecule has 4 rings (SSSR count). The van der Waals surface area contributed by atoms with Gasteiger partial charge >= 0.3 is 0 Å². The first-order valence-corrected chi connectivity index (χ1v) is 9.16. The molecule has 8 nitrogen and oxygen atoms in total. The molecule has 1 atom stereocenters. The van der Waals surface area contributed by atoms with Crippen LogP contribution in [0, 0.1) is 0 Å². The zero-order valence-corrected chi connectivity index (χ0v) is 15.9. The molecular weight excluding hydrogens is 354 g/mol. The van der Waals surface area contributed by atoms with Crippen molar-refractivity contribution in [3.05, 3.63) is 59.9 Å². The highest BCUT2D eigenvalue weighted by Gasteiger charge is 2.15. The second kappa shape index (κ2) is 7.22. The standard InChI is InChI=1S/C20H21N7O/c1-12(2)27-25-19(24-26-27)14-8-10-15(11-9-14)20(28)21-13(3)18-22-16-6-4-5-7-17(16)23-18/h4-13H,1-3H3,(H,21,28)(H,22,23). The summed E-state index contributed by atoms with van der Waals surface area (Å²) in [6.45, 7) is 5.88. The van der Waals surface area contributed by atoms with Gasteiger partial charge in [-0.1, -0.05) is 24.3 Å². The third kappa shape index (κ3) is 3.48. The van der Waals surface area contributed by atoms with Gasteiger partial charge in [-0.15, -0.1) is 10.2 Å². The van der Waals surface area contributed by atoms with Crippen molar-refractivity contribution in [2.75, 3.05) is 0 Å². The molecule has 1 amide bonds. The average Bonchev–Trinajstić information content (AvgIpc) is 3.35. The van der Waals surface area contributed by atoms with Gasteiger partial charge in [0.25, 0.3) is 5.91 Å². The molecule has 0 bridgehead atoms. The van der Waals surface area contributed by atoms with E-state index in [1.807, 2.05) is 57.2 Å². The van der Waals surface area contributed by atoms with Gasteiger partial charge in [-0.3, -0.25) is 4.79 Å². The van der Waals surface area contributed by atoms with Crippen LogP contribution in [0.4, 0.5) is 0 Å². The van der Waals surface area contributed by atoms with Gasteiger partial charge in [-0.2, -0.15) is 4.80 Å². The average molecular weight is 375 g/mol. The molecule has 0 radical (unpaired) electrons. The predicted molar refractivity (Wildman–Crippen MR) is 106 cm³/mol. The van der Waals surface area contributed by atoms with Crippen LogP contribution in [0.3, 0.4) is 0 Å². The van der Waals surface area contributed by atoms with Gasteiger partial charge in [-0.25, -0.2) is 4.98 Å². The van der Waals surface area contributed by atoms with Crippen LogP contribution >= 0.6 is 0 Å². The minimum Gasteiger partial charge on any atom is -0.342 e. The SMILES string of the molecule is CC(NC(=O)c1ccc(-c2nnn(C(C)C)n2)cc1)c1nc2ccccc2[nH]1. The minimum absolute atomic E-state index is 0.144. The Balaban J connectivity index is 1.46. The van der Waals surface area contributed by atoms with E-state index in [1.54, 1.807) is 16.9 Å². The lowest BCUT2D eigenvalue weighted by atomic mass is 10.1. The fourth-order valence-corrected chi connectivity index (χ4v) is 2.86. The normalized spacial score (nSPS) is 12.4. The maximum absolute atomic E-state index is 12.6. The molecule has 2 N–H and O–H groups in total. The molecule has 28 heavy (non-hydrogen) atoms. The van der Waals surface area contributed by atoms with E-state index in [9.17, 15) is 4.79 Å². The van der Waals surface area contributed by atoms with E-state index >= 15 is 0 Å². The lowest BCUT2D eigenvalue weighted by molar-refractivity contribution is 0.0938. The molecule has 8 heteroatoms. The van der Waals surface area contributed by atoms with Crippen LogP contribution < -0.4 is 5.32 Å². The van der Waals surface area contributed by atoms with Crippen LogP contribution in [-0.2, 0) is 0 Å². The molecule has 0 saturated heterocycles. The van der Waals surface area contributed by atoms with Crippen molar-refractivity contribution >= 4 is 16.9 Å². The van der Waals surface area contributed by atoms with Gasteiger partial charge in [-0.05, 0) is 50.3 Å². The van der Waals surface area contributed by atoms with Crippen LogP contribution in [0.5, 0.6) is 0 Å². The first kappa shape index (κ1) is 17.8. The number of H-pyrrole nitrogens is 1. The summed E-state index contributed by atoms with van der Waals surface area (Å²) in [6.07, 6.45) is 0. The number of aromatic nitrogens is 6. The molecular formula is C20H21N7O. The number of para-hydroxylation sites is 2. The number of hydrogen-bond donors (Lipinski definition) is 2. The summed E-state index contributed by atoms with van der Waals surface area (Å²) >= 11 is 0. The van der Waals surface area contributed by atoms with E-state index in [4.69, 9.17) is 0 Å². The summed E-state index contributed by atoms with van der Waals surface area (Å²) in [7, 11) is 0. The Morgan fingerprint density at radius 3 is 2.50 bits per heavy atom. The molecule has 1 unspecified atom stereocenters. The maximum Gasteiger partial charge on any atom is 0.251 e. The van der Waals surface area contributed by atoms with E-state index in [-0.39, 0.29) is 18.0 Å². The van der Waals surface area contributed by atoms with Crippen LogP contribution in [0.2, 0.25) is 0 Å². The van der Waals surface area contributed by atoms with Crippen LogP contribution in [0.15, 0.2) is 48.5 Å². The summed E-state index contributed by atoms with van der Waals surface area (Å²) in [4.78, 5) is 21.9. The largest absolute Gasteiger partial charge is 0.342 e. The highest BCUT2D eigenvalue weighted by molar-refractivity contribution is 5.94. The lowest BCUT2D eigenvalue weighted by Gasteiger charge is -2.11. The number of fused-ring (bicyclic) bond motifs is 1. The zero-order chi connectivity index (χ0) is 19.7. The molecule has 0 spiro atoms. The third-order valence-corrected chi connectivity index (χ3v) is 4.46. The van der Waals surface area contributed by atoms with Crippen molar-refractivity contribution in [2.24, 2.45) is 0 Å². The number of carbonyl (C=O) groups is 1. The van der Waals surface area contributed by atoms with E-state index in [0.717, 1.165) is 22.4 Å². The summed E-state index contributed by atoms with van der Waals surface area (Å²) in [5.74, 6) is 1.09. The quantitative estimate of drug-likeness (QED) is 0.557. The summed E-state index contributed by atoms with van der Waals surface area (Å²) in [5, 5.41) is 15.4. The Labute approximate surface area is 162 Å². The van der Waals surface area contributed by atoms with E-state index in [2.05, 4.69) is 30.7 Å².